The molecule has 0 radical (unpaired) electrons. The van der Waals surface area contributed by atoms with Crippen LogP contribution in [0.1, 0.15) is 25.3 Å². The Balaban J connectivity index is 2.02. The molecule has 1 aromatic rings. The van der Waals surface area contributed by atoms with Crippen LogP contribution in [0.5, 0.6) is 0 Å². The van der Waals surface area contributed by atoms with E-state index in [1.165, 1.54) is 20.9 Å². The molecule has 0 aliphatic carbocycles. The van der Waals surface area contributed by atoms with Gasteiger partial charge in [0.1, 0.15) is 0 Å². The number of hydrogen-bond acceptors (Lipinski definition) is 4. The van der Waals surface area contributed by atoms with E-state index in [0.29, 0.717) is 25.2 Å². The Hall–Kier alpha value is -1.12. The molecule has 122 valence electrons. The SMILES string of the molecule is C[C@@H]1Cc2cc(S(=O)(=O)N3CCCC3)ccc2N1S(C)(=O)=O. The first-order valence-corrected chi connectivity index (χ1v) is 10.6. The molecule has 1 fully saturated rings. The molecule has 0 saturated carbocycles. The minimum Gasteiger partial charge on any atom is -0.267 e. The van der Waals surface area contributed by atoms with E-state index in [1.54, 1.807) is 12.1 Å². The molecule has 1 atom stereocenters. The van der Waals surface area contributed by atoms with Crippen LogP contribution in [-0.2, 0) is 26.5 Å². The molecule has 1 aromatic carbocycles. The van der Waals surface area contributed by atoms with Crippen LogP contribution in [0.3, 0.4) is 0 Å². The van der Waals surface area contributed by atoms with E-state index in [2.05, 4.69) is 0 Å². The summed E-state index contributed by atoms with van der Waals surface area (Å²) in [6.45, 7) is 2.95. The monoisotopic (exact) mass is 344 g/mol. The lowest BCUT2D eigenvalue weighted by Crippen LogP contribution is -2.34. The van der Waals surface area contributed by atoms with Crippen molar-refractivity contribution >= 4 is 25.7 Å². The van der Waals surface area contributed by atoms with Crippen LogP contribution in [0, 0.1) is 0 Å². The zero-order valence-corrected chi connectivity index (χ0v) is 14.3. The average Bonchev–Trinajstić information content (AvgIpc) is 3.02. The van der Waals surface area contributed by atoms with Gasteiger partial charge in [-0.25, -0.2) is 16.8 Å². The zero-order valence-electron chi connectivity index (χ0n) is 12.7. The first-order valence-electron chi connectivity index (χ1n) is 7.34. The molecule has 0 N–H and O–H groups in total. The lowest BCUT2D eigenvalue weighted by atomic mass is 10.1. The van der Waals surface area contributed by atoms with E-state index in [0.717, 1.165) is 18.4 Å². The fourth-order valence-electron chi connectivity index (χ4n) is 3.32. The number of anilines is 1. The van der Waals surface area contributed by atoms with Gasteiger partial charge < -0.3 is 0 Å². The van der Waals surface area contributed by atoms with Crippen molar-refractivity contribution in [2.24, 2.45) is 0 Å². The van der Waals surface area contributed by atoms with Gasteiger partial charge in [0, 0.05) is 19.1 Å². The van der Waals surface area contributed by atoms with Gasteiger partial charge in [-0.05, 0) is 49.9 Å². The minimum atomic E-state index is -3.47. The van der Waals surface area contributed by atoms with E-state index in [4.69, 9.17) is 0 Å². The number of rotatable bonds is 3. The van der Waals surface area contributed by atoms with Crippen molar-refractivity contribution in [3.63, 3.8) is 0 Å². The summed E-state index contributed by atoms with van der Waals surface area (Å²) in [5.74, 6) is 0. The molecule has 2 aliphatic rings. The fourth-order valence-corrected chi connectivity index (χ4v) is 6.15. The van der Waals surface area contributed by atoms with Crippen LogP contribution in [0.15, 0.2) is 23.1 Å². The van der Waals surface area contributed by atoms with Crippen molar-refractivity contribution in [1.82, 2.24) is 4.31 Å². The zero-order chi connectivity index (χ0) is 16.1. The third-order valence-electron chi connectivity index (χ3n) is 4.26. The number of nitrogens with zero attached hydrogens (tertiary/aromatic N) is 2. The van der Waals surface area contributed by atoms with Crippen LogP contribution in [0.4, 0.5) is 5.69 Å². The van der Waals surface area contributed by atoms with Crippen molar-refractivity contribution in [3.8, 4) is 0 Å². The Labute approximate surface area is 131 Å². The van der Waals surface area contributed by atoms with Gasteiger partial charge >= 0.3 is 0 Å². The first-order chi connectivity index (χ1) is 10.2. The second-order valence-corrected chi connectivity index (χ2v) is 9.81. The topological polar surface area (TPSA) is 74.8 Å². The Bertz CT molecular complexity index is 796. The van der Waals surface area contributed by atoms with Crippen LogP contribution in [0.25, 0.3) is 0 Å². The van der Waals surface area contributed by atoms with Gasteiger partial charge in [-0.2, -0.15) is 4.31 Å². The molecular formula is C14H20N2O4S2. The lowest BCUT2D eigenvalue weighted by Gasteiger charge is -2.22. The molecule has 3 rings (SSSR count). The standard InChI is InChI=1S/C14H20N2O4S2/c1-11-9-12-10-13(22(19,20)15-7-3-4-8-15)5-6-14(12)16(11)21(2,17)18/h5-6,10-11H,3-4,7-9H2,1-2H3/t11-/m1/s1. The highest BCUT2D eigenvalue weighted by molar-refractivity contribution is 7.92. The molecule has 0 spiro atoms. The first kappa shape index (κ1) is 15.8. The van der Waals surface area contributed by atoms with Crippen molar-refractivity contribution in [2.75, 3.05) is 23.7 Å². The molecule has 0 bridgehead atoms. The summed E-state index contributed by atoms with van der Waals surface area (Å²) in [4.78, 5) is 0.260. The van der Waals surface area contributed by atoms with E-state index < -0.39 is 20.0 Å². The number of fused-ring (bicyclic) bond motifs is 1. The quantitative estimate of drug-likeness (QED) is 0.825. The summed E-state index contributed by atoms with van der Waals surface area (Å²) >= 11 is 0. The number of hydrogen-bond donors (Lipinski definition) is 0. The molecule has 1 saturated heterocycles. The van der Waals surface area contributed by atoms with Gasteiger partial charge in [0.05, 0.1) is 16.8 Å². The summed E-state index contributed by atoms with van der Waals surface area (Å²) < 4.78 is 51.8. The Kier molecular flexibility index (Phi) is 3.73. The van der Waals surface area contributed by atoms with E-state index in [1.807, 2.05) is 6.92 Å². The van der Waals surface area contributed by atoms with Crippen molar-refractivity contribution in [1.29, 1.82) is 0 Å². The van der Waals surface area contributed by atoms with Gasteiger partial charge in [0.25, 0.3) is 0 Å². The van der Waals surface area contributed by atoms with E-state index in [-0.39, 0.29) is 10.9 Å². The molecule has 22 heavy (non-hydrogen) atoms. The van der Waals surface area contributed by atoms with Gasteiger partial charge in [-0.15, -0.1) is 0 Å². The maximum Gasteiger partial charge on any atom is 0.243 e. The average molecular weight is 344 g/mol. The minimum absolute atomic E-state index is 0.185. The molecule has 0 amide bonds. The Morgan fingerprint density at radius 1 is 1.09 bits per heavy atom. The Morgan fingerprint density at radius 2 is 1.73 bits per heavy atom. The summed E-state index contributed by atoms with van der Waals surface area (Å²) in [6.07, 6.45) is 3.49. The van der Waals surface area contributed by atoms with Crippen LogP contribution >= 0.6 is 0 Å². The van der Waals surface area contributed by atoms with E-state index >= 15 is 0 Å². The van der Waals surface area contributed by atoms with Gasteiger partial charge in [-0.3, -0.25) is 4.31 Å². The summed E-state index contributed by atoms with van der Waals surface area (Å²) in [6, 6.07) is 4.57. The molecule has 2 heterocycles. The highest BCUT2D eigenvalue weighted by atomic mass is 32.2. The van der Waals surface area contributed by atoms with Crippen LogP contribution < -0.4 is 4.31 Å². The highest BCUT2D eigenvalue weighted by Gasteiger charge is 2.34. The summed E-state index contributed by atoms with van der Waals surface area (Å²) in [7, 11) is -6.82. The summed E-state index contributed by atoms with van der Waals surface area (Å²) in [5.41, 5.74) is 1.37. The highest BCUT2D eigenvalue weighted by Crippen LogP contribution is 2.36. The number of sulfonamides is 2. The number of benzene rings is 1. The van der Waals surface area contributed by atoms with Crippen LogP contribution in [-0.4, -0.2) is 46.5 Å². The largest absolute Gasteiger partial charge is 0.267 e. The maximum atomic E-state index is 12.6. The van der Waals surface area contributed by atoms with Gasteiger partial charge in [0.2, 0.25) is 20.0 Å². The summed E-state index contributed by atoms with van der Waals surface area (Å²) in [5, 5.41) is 0. The van der Waals surface area contributed by atoms with Crippen molar-refractivity contribution < 1.29 is 16.8 Å². The molecule has 2 aliphatic heterocycles. The maximum absolute atomic E-state index is 12.6. The Morgan fingerprint density at radius 3 is 2.32 bits per heavy atom. The van der Waals surface area contributed by atoms with Crippen LogP contribution in [0.2, 0.25) is 0 Å². The smallest absolute Gasteiger partial charge is 0.243 e. The fraction of sp³-hybridized carbons (Fsp3) is 0.571. The second kappa shape index (κ2) is 5.21. The van der Waals surface area contributed by atoms with Gasteiger partial charge in [0.15, 0.2) is 0 Å². The lowest BCUT2D eigenvalue weighted by molar-refractivity contribution is 0.477. The van der Waals surface area contributed by atoms with Crippen molar-refractivity contribution in [2.45, 2.75) is 37.1 Å². The van der Waals surface area contributed by atoms with E-state index in [9.17, 15) is 16.8 Å². The third-order valence-corrected chi connectivity index (χ3v) is 7.43. The molecule has 8 heteroatoms. The second-order valence-electron chi connectivity index (χ2n) is 6.01. The molecule has 6 nitrogen and oxygen atoms in total. The molecule has 0 aromatic heterocycles. The van der Waals surface area contributed by atoms with Crippen molar-refractivity contribution in [3.05, 3.63) is 23.8 Å². The molecular weight excluding hydrogens is 324 g/mol. The third kappa shape index (κ3) is 2.53. The predicted octanol–water partition coefficient (Wildman–Crippen LogP) is 1.18. The normalized spacial score (nSPS) is 23.0. The molecule has 0 unspecified atom stereocenters. The predicted molar refractivity (Wildman–Crippen MR) is 84.9 cm³/mol. The van der Waals surface area contributed by atoms with Gasteiger partial charge in [-0.1, -0.05) is 0 Å².